The molecule has 0 aliphatic carbocycles. The molecule has 0 radical (unpaired) electrons. The lowest BCUT2D eigenvalue weighted by molar-refractivity contribution is 1.21. The van der Waals surface area contributed by atoms with Crippen LogP contribution in [0.25, 0.3) is 0 Å². The van der Waals surface area contributed by atoms with E-state index in [-0.39, 0.29) is 0 Å². The van der Waals surface area contributed by atoms with Gasteiger partial charge in [-0.3, -0.25) is 0 Å². The van der Waals surface area contributed by atoms with Crippen LogP contribution in [0.15, 0.2) is 17.1 Å². The highest BCUT2D eigenvalue weighted by Gasteiger charge is 1.66. The SMILES string of the molecule is CCC=CCC=NC. The minimum Gasteiger partial charge on any atom is -0.301 e. The first-order valence-electron chi connectivity index (χ1n) is 2.97. The first-order chi connectivity index (χ1) is 3.91. The number of hydrogen-bond donors (Lipinski definition) is 0. The standard InChI is InChI=1S/C7H13N/c1-3-4-5-6-7-8-2/h4-5,7H,3,6H2,1-2H3. The lowest BCUT2D eigenvalue weighted by Crippen LogP contribution is -1.66. The summed E-state index contributed by atoms with van der Waals surface area (Å²) in [5, 5.41) is 0. The summed E-state index contributed by atoms with van der Waals surface area (Å²) in [6, 6.07) is 0. The van der Waals surface area contributed by atoms with E-state index in [9.17, 15) is 0 Å². The third-order valence-corrected chi connectivity index (χ3v) is 0.826. The summed E-state index contributed by atoms with van der Waals surface area (Å²) in [7, 11) is 1.79. The summed E-state index contributed by atoms with van der Waals surface area (Å²) >= 11 is 0. The lowest BCUT2D eigenvalue weighted by atomic mass is 10.3. The highest BCUT2D eigenvalue weighted by atomic mass is 14.6. The Morgan fingerprint density at radius 2 is 2.12 bits per heavy atom. The summed E-state index contributed by atoms with van der Waals surface area (Å²) < 4.78 is 0. The van der Waals surface area contributed by atoms with Gasteiger partial charge in [0.1, 0.15) is 0 Å². The lowest BCUT2D eigenvalue weighted by Gasteiger charge is -1.77. The molecule has 0 aliphatic rings. The van der Waals surface area contributed by atoms with Gasteiger partial charge in [0.05, 0.1) is 0 Å². The molecule has 0 spiro atoms. The maximum absolute atomic E-state index is 3.83. The van der Waals surface area contributed by atoms with Gasteiger partial charge in [-0.05, 0) is 6.42 Å². The molecule has 0 heterocycles. The number of nitrogens with zero attached hydrogens (tertiary/aromatic N) is 1. The number of allylic oxidation sites excluding steroid dienone is 2. The predicted molar refractivity (Wildman–Crippen MR) is 38.5 cm³/mol. The van der Waals surface area contributed by atoms with Crippen LogP contribution in [0.3, 0.4) is 0 Å². The second-order valence-corrected chi connectivity index (χ2v) is 1.56. The van der Waals surface area contributed by atoms with Crippen molar-refractivity contribution in [3.05, 3.63) is 12.2 Å². The molecule has 0 atom stereocenters. The highest BCUT2D eigenvalue weighted by Crippen LogP contribution is 1.81. The molecule has 0 N–H and O–H groups in total. The second kappa shape index (κ2) is 6.41. The maximum atomic E-state index is 3.83. The third kappa shape index (κ3) is 5.41. The largest absolute Gasteiger partial charge is 0.301 e. The Morgan fingerprint density at radius 1 is 1.38 bits per heavy atom. The van der Waals surface area contributed by atoms with E-state index < -0.39 is 0 Å². The Balaban J connectivity index is 3.03. The molecule has 0 fully saturated rings. The molecule has 0 aliphatic heterocycles. The maximum Gasteiger partial charge on any atom is 0.0273 e. The third-order valence-electron chi connectivity index (χ3n) is 0.826. The molecule has 0 bridgehead atoms. The van der Waals surface area contributed by atoms with Crippen molar-refractivity contribution < 1.29 is 0 Å². The van der Waals surface area contributed by atoms with Gasteiger partial charge in [-0.25, -0.2) is 0 Å². The van der Waals surface area contributed by atoms with E-state index in [1.54, 1.807) is 7.05 Å². The van der Waals surface area contributed by atoms with Gasteiger partial charge in [0, 0.05) is 19.7 Å². The summed E-state index contributed by atoms with van der Waals surface area (Å²) in [6.07, 6.45) is 8.25. The highest BCUT2D eigenvalue weighted by molar-refractivity contribution is 5.58. The quantitative estimate of drug-likeness (QED) is 0.390. The zero-order chi connectivity index (χ0) is 6.24. The van der Waals surface area contributed by atoms with Crippen molar-refractivity contribution in [1.82, 2.24) is 0 Å². The molecule has 0 aromatic rings. The van der Waals surface area contributed by atoms with Crippen LogP contribution >= 0.6 is 0 Å². The topological polar surface area (TPSA) is 12.4 Å². The first kappa shape index (κ1) is 7.41. The molecule has 0 aromatic heterocycles. The van der Waals surface area contributed by atoms with Crippen LogP contribution in [-0.4, -0.2) is 13.3 Å². The molecular formula is C7H13N. The van der Waals surface area contributed by atoms with Crippen LogP contribution in [0.1, 0.15) is 19.8 Å². The normalized spacial score (nSPS) is 11.8. The van der Waals surface area contributed by atoms with Gasteiger partial charge in [-0.15, -0.1) is 0 Å². The minimum atomic E-state index is 0.977. The summed E-state index contributed by atoms with van der Waals surface area (Å²) in [5.74, 6) is 0. The van der Waals surface area contributed by atoms with Crippen LogP contribution in [0, 0.1) is 0 Å². The van der Waals surface area contributed by atoms with Crippen LogP contribution in [0.2, 0.25) is 0 Å². The van der Waals surface area contributed by atoms with Gasteiger partial charge in [0.2, 0.25) is 0 Å². The molecule has 0 saturated carbocycles. The molecule has 0 unspecified atom stereocenters. The monoisotopic (exact) mass is 111 g/mol. The predicted octanol–water partition coefficient (Wildman–Crippen LogP) is 2.04. The van der Waals surface area contributed by atoms with Gasteiger partial charge in [-0.1, -0.05) is 19.1 Å². The zero-order valence-electron chi connectivity index (χ0n) is 5.59. The van der Waals surface area contributed by atoms with Crippen LogP contribution < -0.4 is 0 Å². The molecule has 0 aromatic carbocycles. The van der Waals surface area contributed by atoms with E-state index in [1.807, 2.05) is 6.21 Å². The summed E-state index contributed by atoms with van der Waals surface area (Å²) in [4.78, 5) is 3.83. The Labute approximate surface area is 51.1 Å². The fraction of sp³-hybridized carbons (Fsp3) is 0.571. The van der Waals surface area contributed by atoms with Crippen molar-refractivity contribution in [1.29, 1.82) is 0 Å². The van der Waals surface area contributed by atoms with E-state index in [1.165, 1.54) is 0 Å². The van der Waals surface area contributed by atoms with E-state index in [4.69, 9.17) is 0 Å². The smallest absolute Gasteiger partial charge is 0.0273 e. The van der Waals surface area contributed by atoms with Gasteiger partial charge in [-0.2, -0.15) is 0 Å². The Morgan fingerprint density at radius 3 is 2.62 bits per heavy atom. The number of hydrogen-bond acceptors (Lipinski definition) is 1. The zero-order valence-corrected chi connectivity index (χ0v) is 5.59. The van der Waals surface area contributed by atoms with Crippen molar-refractivity contribution in [2.45, 2.75) is 19.8 Å². The fourth-order valence-corrected chi connectivity index (χ4v) is 0.429. The van der Waals surface area contributed by atoms with E-state index >= 15 is 0 Å². The second-order valence-electron chi connectivity index (χ2n) is 1.56. The van der Waals surface area contributed by atoms with Crippen LogP contribution in [0.5, 0.6) is 0 Å². The van der Waals surface area contributed by atoms with Gasteiger partial charge >= 0.3 is 0 Å². The molecule has 0 rings (SSSR count). The van der Waals surface area contributed by atoms with Crippen molar-refractivity contribution in [3.63, 3.8) is 0 Å². The van der Waals surface area contributed by atoms with E-state index in [0.717, 1.165) is 12.8 Å². The average molecular weight is 111 g/mol. The molecular weight excluding hydrogens is 98.1 g/mol. The Hall–Kier alpha value is -0.590. The first-order valence-corrected chi connectivity index (χ1v) is 2.97. The van der Waals surface area contributed by atoms with Crippen molar-refractivity contribution in [2.75, 3.05) is 7.05 Å². The molecule has 0 amide bonds. The van der Waals surface area contributed by atoms with E-state index in [0.29, 0.717) is 0 Å². The Bertz CT molecular complexity index is 82.4. The van der Waals surface area contributed by atoms with Gasteiger partial charge in [0.25, 0.3) is 0 Å². The van der Waals surface area contributed by atoms with E-state index in [2.05, 4.69) is 24.1 Å². The van der Waals surface area contributed by atoms with Crippen molar-refractivity contribution in [2.24, 2.45) is 4.99 Å². The molecule has 8 heavy (non-hydrogen) atoms. The van der Waals surface area contributed by atoms with Crippen molar-refractivity contribution >= 4 is 6.21 Å². The Kier molecular flexibility index (Phi) is 5.94. The average Bonchev–Trinajstić information content (AvgIpc) is 1.81. The number of rotatable bonds is 3. The molecule has 46 valence electrons. The van der Waals surface area contributed by atoms with Crippen LogP contribution in [-0.2, 0) is 0 Å². The summed E-state index contributed by atoms with van der Waals surface area (Å²) in [5.41, 5.74) is 0. The molecule has 1 nitrogen and oxygen atoms in total. The summed E-state index contributed by atoms with van der Waals surface area (Å²) in [6.45, 7) is 2.12. The van der Waals surface area contributed by atoms with Crippen LogP contribution in [0.4, 0.5) is 0 Å². The number of aliphatic imine (C=N–C) groups is 1. The van der Waals surface area contributed by atoms with Gasteiger partial charge < -0.3 is 4.99 Å². The minimum absolute atomic E-state index is 0.977. The van der Waals surface area contributed by atoms with Crippen molar-refractivity contribution in [3.8, 4) is 0 Å². The van der Waals surface area contributed by atoms with Gasteiger partial charge in [0.15, 0.2) is 0 Å². The molecule has 1 heteroatoms. The fourth-order valence-electron chi connectivity index (χ4n) is 0.429. The molecule has 0 saturated heterocycles.